The zero-order chi connectivity index (χ0) is 27.1. The van der Waals surface area contributed by atoms with E-state index < -0.39 is 23.9 Å². The lowest BCUT2D eigenvalue weighted by molar-refractivity contribution is -0.255. The second kappa shape index (κ2) is 12.0. The van der Waals surface area contributed by atoms with Crippen LogP contribution in [0.4, 0.5) is 0 Å². The molecule has 0 radical (unpaired) electrons. The maximum atomic E-state index is 12.3. The number of rotatable bonds is 11. The van der Waals surface area contributed by atoms with E-state index in [1.165, 1.54) is 18.2 Å². The van der Waals surface area contributed by atoms with E-state index in [4.69, 9.17) is 14.6 Å². The fourth-order valence-corrected chi connectivity index (χ4v) is 4.06. The summed E-state index contributed by atoms with van der Waals surface area (Å²) in [5.41, 5.74) is 1.06. The van der Waals surface area contributed by atoms with Gasteiger partial charge in [-0.3, -0.25) is 0 Å². The molecular weight excluding hydrogens is 488 g/mol. The number of carboxylic acids is 2. The molecule has 0 atom stereocenters. The van der Waals surface area contributed by atoms with Gasteiger partial charge in [0.2, 0.25) is 0 Å². The predicted molar refractivity (Wildman–Crippen MR) is 138 cm³/mol. The van der Waals surface area contributed by atoms with Crippen LogP contribution >= 0.6 is 0 Å². The van der Waals surface area contributed by atoms with Crippen molar-refractivity contribution in [1.29, 1.82) is 0 Å². The molecule has 0 aliphatic heterocycles. The van der Waals surface area contributed by atoms with Crippen LogP contribution in [0.15, 0.2) is 72.8 Å². The summed E-state index contributed by atoms with van der Waals surface area (Å²) in [5, 5.41) is 23.0. The highest BCUT2D eigenvalue weighted by atomic mass is 16.5. The average molecular weight is 514 g/mol. The van der Waals surface area contributed by atoms with Crippen LogP contribution < -0.4 is 5.11 Å². The average Bonchev–Trinajstić information content (AvgIpc) is 2.92. The van der Waals surface area contributed by atoms with Crippen molar-refractivity contribution >= 4 is 45.4 Å². The minimum atomic E-state index is -1.25. The molecule has 194 valence electrons. The van der Waals surface area contributed by atoms with Crippen LogP contribution in [0.2, 0.25) is 0 Å². The summed E-state index contributed by atoms with van der Waals surface area (Å²) in [7, 11) is 0. The molecule has 4 rings (SSSR count). The molecule has 0 saturated heterocycles. The maximum absolute atomic E-state index is 12.3. The van der Waals surface area contributed by atoms with E-state index in [0.717, 1.165) is 29.0 Å². The Morgan fingerprint density at radius 1 is 0.553 bits per heavy atom. The number of aromatic carboxylic acids is 2. The van der Waals surface area contributed by atoms with Gasteiger partial charge in [0.1, 0.15) is 0 Å². The second-order valence-electron chi connectivity index (χ2n) is 8.83. The van der Waals surface area contributed by atoms with E-state index in [-0.39, 0.29) is 24.3 Å². The molecule has 0 bridgehead atoms. The number of carbonyl (C=O) groups excluding carboxylic acids is 3. The molecule has 8 nitrogen and oxygen atoms in total. The summed E-state index contributed by atoms with van der Waals surface area (Å²) in [6, 6.07) is 19.2. The molecule has 1 N–H and O–H groups in total. The molecule has 0 heterocycles. The molecule has 0 fully saturated rings. The third kappa shape index (κ3) is 6.53. The van der Waals surface area contributed by atoms with Crippen LogP contribution in [0, 0.1) is 0 Å². The molecule has 0 spiro atoms. The fourth-order valence-electron chi connectivity index (χ4n) is 4.06. The molecule has 4 aromatic carbocycles. The van der Waals surface area contributed by atoms with Crippen molar-refractivity contribution < 1.29 is 38.9 Å². The van der Waals surface area contributed by atoms with Crippen molar-refractivity contribution in [3.05, 3.63) is 95.1 Å². The molecule has 0 saturated carbocycles. The van der Waals surface area contributed by atoms with E-state index in [9.17, 15) is 24.3 Å². The Balaban J connectivity index is 1.14. The summed E-state index contributed by atoms with van der Waals surface area (Å²) in [5.74, 6) is -3.14. The normalized spacial score (nSPS) is 10.8. The van der Waals surface area contributed by atoms with Crippen LogP contribution in [0.5, 0.6) is 0 Å². The first-order chi connectivity index (χ1) is 18.3. The number of benzene rings is 4. The van der Waals surface area contributed by atoms with E-state index >= 15 is 0 Å². The highest BCUT2D eigenvalue weighted by Gasteiger charge is 2.11. The van der Waals surface area contributed by atoms with Crippen LogP contribution in [-0.4, -0.2) is 42.2 Å². The topological polar surface area (TPSA) is 130 Å². The fraction of sp³-hybridized carbons (Fsp3) is 0.200. The van der Waals surface area contributed by atoms with Crippen molar-refractivity contribution in [2.45, 2.75) is 25.7 Å². The monoisotopic (exact) mass is 513 g/mol. The Morgan fingerprint density at radius 2 is 0.921 bits per heavy atom. The van der Waals surface area contributed by atoms with E-state index in [2.05, 4.69) is 0 Å². The highest BCUT2D eigenvalue weighted by molar-refractivity contribution is 5.99. The molecular formula is C30H25O8-. The van der Waals surface area contributed by atoms with Crippen LogP contribution in [0.3, 0.4) is 0 Å². The lowest BCUT2D eigenvalue weighted by atomic mass is 10.0. The van der Waals surface area contributed by atoms with Gasteiger partial charge in [0, 0.05) is 0 Å². The predicted octanol–water partition coefficient (Wildman–Crippen LogP) is 4.63. The smallest absolute Gasteiger partial charge is 0.338 e. The zero-order valence-electron chi connectivity index (χ0n) is 20.5. The highest BCUT2D eigenvalue weighted by Crippen LogP contribution is 2.20. The first-order valence-electron chi connectivity index (χ1n) is 12.2. The zero-order valence-corrected chi connectivity index (χ0v) is 20.5. The minimum Gasteiger partial charge on any atom is -0.545 e. The third-order valence-electron chi connectivity index (χ3n) is 6.14. The van der Waals surface area contributed by atoms with Gasteiger partial charge in [0.05, 0.1) is 35.9 Å². The van der Waals surface area contributed by atoms with Gasteiger partial charge in [-0.05, 0) is 95.3 Å². The molecule has 0 aliphatic carbocycles. The third-order valence-corrected chi connectivity index (χ3v) is 6.14. The van der Waals surface area contributed by atoms with Crippen LogP contribution in [-0.2, 0) is 9.47 Å². The van der Waals surface area contributed by atoms with Crippen molar-refractivity contribution in [3.8, 4) is 0 Å². The number of hydrogen-bond donors (Lipinski definition) is 1. The van der Waals surface area contributed by atoms with E-state index in [0.29, 0.717) is 29.4 Å². The van der Waals surface area contributed by atoms with Crippen molar-refractivity contribution in [1.82, 2.24) is 0 Å². The van der Waals surface area contributed by atoms with Gasteiger partial charge in [-0.15, -0.1) is 0 Å². The first-order valence-corrected chi connectivity index (χ1v) is 12.2. The van der Waals surface area contributed by atoms with E-state index in [1.54, 1.807) is 54.6 Å². The Kier molecular flexibility index (Phi) is 8.33. The number of ether oxygens (including phenoxy) is 2. The number of unbranched alkanes of at least 4 members (excludes halogenated alkanes) is 3. The van der Waals surface area contributed by atoms with E-state index in [1.807, 2.05) is 0 Å². The molecule has 38 heavy (non-hydrogen) atoms. The maximum Gasteiger partial charge on any atom is 0.338 e. The summed E-state index contributed by atoms with van der Waals surface area (Å²) in [6.07, 6.45) is 2.95. The number of esters is 2. The summed E-state index contributed by atoms with van der Waals surface area (Å²) in [6.45, 7) is 0.534. The van der Waals surface area contributed by atoms with Crippen molar-refractivity contribution in [2.75, 3.05) is 13.2 Å². The number of fused-ring (bicyclic) bond motifs is 2. The van der Waals surface area contributed by atoms with Gasteiger partial charge in [0.25, 0.3) is 0 Å². The number of carbonyl (C=O) groups is 4. The summed E-state index contributed by atoms with van der Waals surface area (Å²) < 4.78 is 10.7. The minimum absolute atomic E-state index is 0.0777. The Labute approximate surface area is 218 Å². The van der Waals surface area contributed by atoms with Gasteiger partial charge in [-0.2, -0.15) is 0 Å². The lowest BCUT2D eigenvalue weighted by Crippen LogP contribution is -2.21. The largest absolute Gasteiger partial charge is 0.545 e. The van der Waals surface area contributed by atoms with Gasteiger partial charge >= 0.3 is 17.9 Å². The van der Waals surface area contributed by atoms with Crippen molar-refractivity contribution in [2.24, 2.45) is 0 Å². The first kappa shape index (κ1) is 26.3. The Bertz CT molecular complexity index is 1410. The molecule has 8 heteroatoms. The van der Waals surface area contributed by atoms with Crippen LogP contribution in [0.1, 0.15) is 67.1 Å². The Hall–Kier alpha value is -4.72. The standard InChI is InChI=1S/C30H26O8/c31-27(32)23-9-5-21-17-25(11-7-19(21)15-23)29(35)37-13-3-1-2-4-14-38-30(36)26-12-8-20-16-24(28(33)34)10-6-22(20)18-26/h5-12,15-18H,1-4,13-14H2,(H,31,32)(H,33,34)/p-1. The lowest BCUT2D eigenvalue weighted by Gasteiger charge is -2.08. The second-order valence-corrected chi connectivity index (χ2v) is 8.83. The Morgan fingerprint density at radius 3 is 1.34 bits per heavy atom. The van der Waals surface area contributed by atoms with Gasteiger partial charge in [-0.1, -0.05) is 30.3 Å². The van der Waals surface area contributed by atoms with Gasteiger partial charge < -0.3 is 24.5 Å². The SMILES string of the molecule is O=C([O-])c1ccc2cc(C(=O)OCCCCCCOC(=O)c3ccc4cc(C(=O)O)ccc4c3)ccc2c1. The number of carboxylic acid groups (broad SMARTS) is 2. The van der Waals surface area contributed by atoms with Gasteiger partial charge in [-0.25, -0.2) is 14.4 Å². The number of hydrogen-bond acceptors (Lipinski definition) is 7. The quantitative estimate of drug-likeness (QED) is 0.227. The molecule has 0 aliphatic rings. The molecule has 0 amide bonds. The molecule has 4 aromatic rings. The van der Waals surface area contributed by atoms with Gasteiger partial charge in [0.15, 0.2) is 0 Å². The van der Waals surface area contributed by atoms with Crippen molar-refractivity contribution in [3.63, 3.8) is 0 Å². The summed E-state index contributed by atoms with van der Waals surface area (Å²) >= 11 is 0. The van der Waals surface area contributed by atoms with Crippen LogP contribution in [0.25, 0.3) is 21.5 Å². The summed E-state index contributed by atoms with van der Waals surface area (Å²) in [4.78, 5) is 46.7. The molecule has 0 unspecified atom stereocenters. The molecule has 0 aromatic heterocycles.